The maximum atomic E-state index is 12.6. The summed E-state index contributed by atoms with van der Waals surface area (Å²) in [4.78, 5) is 80.2. The monoisotopic (exact) mass is 1260 g/mol. The summed E-state index contributed by atoms with van der Waals surface area (Å²) in [5, 5.41) is 6.57. The van der Waals surface area contributed by atoms with E-state index in [0.717, 1.165) is 112 Å². The van der Waals surface area contributed by atoms with E-state index in [2.05, 4.69) is 10.6 Å². The lowest BCUT2D eigenvalue weighted by molar-refractivity contribution is -0.184. The van der Waals surface area contributed by atoms with Crippen LogP contribution in [0.4, 0.5) is 45.5 Å². The molecule has 4 spiro atoms. The molecule has 0 aliphatic carbocycles. The van der Waals surface area contributed by atoms with Gasteiger partial charge in [-0.05, 0) is 178 Å². The van der Waals surface area contributed by atoms with E-state index in [1.165, 1.54) is 12.8 Å². The number of likely N-dealkylation sites (tertiary alicyclic amines) is 6. The minimum absolute atomic E-state index is 0. The molecule has 2 N–H and O–H groups in total. The molecule has 8 heterocycles. The zero-order chi connectivity index (χ0) is 62.6. The topological polar surface area (TPSA) is 183 Å². The van der Waals surface area contributed by atoms with E-state index in [1.54, 1.807) is 9.80 Å². The standard InChI is InChI=1S/C21H30N2O4.C18H21F3N2O3.C13H24N2O2.C10H15F3N2O.ClH/c1-20(2,3)27-19(25)23-14-11-21(16-23)9-12-22(13-10-21)18(24)26-15-17-7-5-4-6-8-17;19-18(20,21)15(24)23-11-8-17(13-23)6-9-22(10-7-17)16(25)26-12-14-4-2-1-3-5-14;1-12(2,3)17-11(16)15-9-6-13(10-15)4-7-14-8-5-13;11-10(12,13)8(16)15-6-3-9(7-15)1-4-14-5-2-9;/h4-8H,9-16H2,1-3H3;1-5H,6-13H2;14H,4-10H2,1-3H3;14H,1-7H2;1H. The molecule has 25 heteroatoms. The van der Waals surface area contributed by atoms with E-state index in [0.29, 0.717) is 63.9 Å². The minimum Gasteiger partial charge on any atom is -0.445 e. The number of halogens is 7. The highest BCUT2D eigenvalue weighted by molar-refractivity contribution is 5.85. The Morgan fingerprint density at radius 1 is 0.391 bits per heavy atom. The Hall–Kier alpha value is -5.75. The molecule has 0 unspecified atom stereocenters. The highest BCUT2D eigenvalue weighted by Crippen LogP contribution is 2.44. The fourth-order valence-corrected chi connectivity index (χ4v) is 12.9. The zero-order valence-electron chi connectivity index (χ0n) is 51.4. The van der Waals surface area contributed by atoms with E-state index in [1.807, 2.05) is 112 Å². The lowest BCUT2D eigenvalue weighted by atomic mass is 9.78. The van der Waals surface area contributed by atoms with Gasteiger partial charge in [0, 0.05) is 78.5 Å². The van der Waals surface area contributed by atoms with Crippen molar-refractivity contribution in [2.45, 2.75) is 155 Å². The van der Waals surface area contributed by atoms with E-state index >= 15 is 0 Å². The number of hydrogen-bond donors (Lipinski definition) is 2. The van der Waals surface area contributed by atoms with Gasteiger partial charge in [0.2, 0.25) is 0 Å². The molecule has 18 nitrogen and oxygen atoms in total. The molecule has 488 valence electrons. The number of carbonyl (C=O) groups is 6. The Morgan fingerprint density at radius 2 is 0.644 bits per heavy atom. The first-order chi connectivity index (χ1) is 40.4. The Morgan fingerprint density at radius 3 is 0.920 bits per heavy atom. The molecule has 0 radical (unpaired) electrons. The van der Waals surface area contributed by atoms with Gasteiger partial charge in [0.1, 0.15) is 24.4 Å². The average Bonchev–Trinajstić information content (AvgIpc) is 2.19. The van der Waals surface area contributed by atoms with Crippen LogP contribution < -0.4 is 10.6 Å². The van der Waals surface area contributed by atoms with Crippen molar-refractivity contribution in [3.8, 4) is 0 Å². The smallest absolute Gasteiger partial charge is 0.445 e. The number of hydrogen-bond acceptors (Lipinski definition) is 12. The molecular formula is C62H91ClF6N8O10. The number of carbonyl (C=O) groups excluding carboxylic acids is 6. The van der Waals surface area contributed by atoms with Crippen LogP contribution in [0.25, 0.3) is 0 Å². The van der Waals surface area contributed by atoms with Crippen molar-refractivity contribution in [1.29, 1.82) is 0 Å². The second-order valence-electron chi connectivity index (χ2n) is 26.8. The summed E-state index contributed by atoms with van der Waals surface area (Å²) >= 11 is 0. The normalized spacial score (nSPS) is 21.1. The van der Waals surface area contributed by atoms with E-state index < -0.39 is 35.9 Å². The predicted octanol–water partition coefficient (Wildman–Crippen LogP) is 10.8. The van der Waals surface area contributed by atoms with E-state index in [9.17, 15) is 55.1 Å². The Balaban J connectivity index is 0.000000189. The molecule has 0 atom stereocenters. The molecule has 0 aromatic heterocycles. The van der Waals surface area contributed by atoms with Gasteiger partial charge in [0.05, 0.1) is 0 Å². The van der Waals surface area contributed by atoms with Gasteiger partial charge >= 0.3 is 48.5 Å². The molecule has 0 saturated carbocycles. The molecule has 2 aromatic rings. The lowest BCUT2D eigenvalue weighted by Gasteiger charge is -2.38. The lowest BCUT2D eigenvalue weighted by Crippen LogP contribution is -2.46. The summed E-state index contributed by atoms with van der Waals surface area (Å²) in [6.45, 7) is 21.9. The van der Waals surface area contributed by atoms with E-state index in [4.69, 9.17) is 18.9 Å². The summed E-state index contributed by atoms with van der Waals surface area (Å²) in [6, 6.07) is 19.0. The van der Waals surface area contributed by atoms with Crippen LogP contribution in [-0.2, 0) is 41.8 Å². The number of ether oxygens (including phenoxy) is 4. The Bertz CT molecular complexity index is 2580. The number of nitrogens with one attached hydrogen (secondary N) is 2. The number of benzene rings is 2. The molecule has 87 heavy (non-hydrogen) atoms. The quantitative estimate of drug-likeness (QED) is 0.219. The third kappa shape index (κ3) is 20.7. The number of amides is 6. The fourth-order valence-electron chi connectivity index (χ4n) is 12.9. The van der Waals surface area contributed by atoms with Crippen LogP contribution in [0.2, 0.25) is 0 Å². The molecule has 8 fully saturated rings. The largest absolute Gasteiger partial charge is 0.471 e. The maximum absolute atomic E-state index is 12.6. The molecular weight excluding hydrogens is 1170 g/mol. The third-order valence-corrected chi connectivity index (χ3v) is 18.0. The molecule has 10 rings (SSSR count). The van der Waals surface area contributed by atoms with Gasteiger partial charge in [-0.15, -0.1) is 12.4 Å². The van der Waals surface area contributed by atoms with Crippen molar-refractivity contribution in [2.24, 2.45) is 21.7 Å². The fraction of sp³-hybridized carbons (Fsp3) is 0.710. The molecule has 8 aliphatic rings. The van der Waals surface area contributed by atoms with Crippen LogP contribution >= 0.6 is 12.4 Å². The predicted molar refractivity (Wildman–Crippen MR) is 315 cm³/mol. The van der Waals surface area contributed by atoms with Gasteiger partial charge in [-0.25, -0.2) is 19.2 Å². The second-order valence-corrected chi connectivity index (χ2v) is 26.8. The number of alkyl halides is 6. The van der Waals surface area contributed by atoms with Crippen LogP contribution in [0, 0.1) is 21.7 Å². The van der Waals surface area contributed by atoms with Crippen molar-refractivity contribution in [3.05, 3.63) is 71.8 Å². The third-order valence-electron chi connectivity index (χ3n) is 18.0. The maximum Gasteiger partial charge on any atom is 0.471 e. The highest BCUT2D eigenvalue weighted by Gasteiger charge is 2.51. The number of nitrogens with zero attached hydrogens (tertiary/aromatic N) is 6. The van der Waals surface area contributed by atoms with Gasteiger partial charge in [-0.3, -0.25) is 9.59 Å². The van der Waals surface area contributed by atoms with Gasteiger partial charge in [0.15, 0.2) is 0 Å². The summed E-state index contributed by atoms with van der Waals surface area (Å²) in [5.74, 6) is -3.44. The van der Waals surface area contributed by atoms with Gasteiger partial charge in [-0.1, -0.05) is 60.7 Å². The average molecular weight is 1260 g/mol. The van der Waals surface area contributed by atoms with Crippen molar-refractivity contribution in [2.75, 3.05) is 105 Å². The first-order valence-corrected chi connectivity index (χ1v) is 30.4. The number of rotatable bonds is 4. The highest BCUT2D eigenvalue weighted by atomic mass is 35.5. The van der Waals surface area contributed by atoms with Gasteiger partial charge in [-0.2, -0.15) is 26.3 Å². The Labute approximate surface area is 514 Å². The van der Waals surface area contributed by atoms with Crippen LogP contribution in [-0.4, -0.2) is 194 Å². The number of piperidine rings is 4. The first-order valence-electron chi connectivity index (χ1n) is 30.4. The zero-order valence-corrected chi connectivity index (χ0v) is 52.2. The van der Waals surface area contributed by atoms with Gasteiger partial charge < -0.3 is 59.0 Å². The molecule has 0 bridgehead atoms. The molecule has 6 amide bonds. The molecule has 8 saturated heterocycles. The van der Waals surface area contributed by atoms with Crippen molar-refractivity contribution < 1.29 is 74.1 Å². The van der Waals surface area contributed by atoms with Gasteiger partial charge in [0.25, 0.3) is 0 Å². The molecule has 2 aromatic carbocycles. The van der Waals surface area contributed by atoms with Crippen molar-refractivity contribution in [3.63, 3.8) is 0 Å². The van der Waals surface area contributed by atoms with Crippen molar-refractivity contribution >= 4 is 48.6 Å². The first kappa shape index (κ1) is 70.3. The minimum atomic E-state index is -4.83. The second kappa shape index (κ2) is 29.7. The Kier molecular flexibility index (Phi) is 24.0. The van der Waals surface area contributed by atoms with Crippen LogP contribution in [0.3, 0.4) is 0 Å². The summed E-state index contributed by atoms with van der Waals surface area (Å²) in [5.41, 5.74) is 1.10. The van der Waals surface area contributed by atoms with Crippen molar-refractivity contribution in [1.82, 2.24) is 40.0 Å². The summed E-state index contributed by atoms with van der Waals surface area (Å²) < 4.78 is 96.2. The summed E-state index contributed by atoms with van der Waals surface area (Å²) in [6.07, 6.45) is -0.180. The SMILES string of the molecule is CC(C)(C)OC(=O)N1CCC2(CCN(C(=O)OCc3ccccc3)CC2)C1.CC(C)(C)OC(=O)N1CCC2(CCNCC2)C1.Cl.O=C(N1CCC2(CCNCC2)C1)C(F)(F)F.O=C(OCc1ccccc1)N1CCC2(CC1)CCN(C(=O)C(F)(F)F)C2. The van der Waals surface area contributed by atoms with Crippen LogP contribution in [0.15, 0.2) is 60.7 Å². The molecule has 8 aliphatic heterocycles. The summed E-state index contributed by atoms with van der Waals surface area (Å²) in [7, 11) is 0. The van der Waals surface area contributed by atoms with Crippen LogP contribution in [0.5, 0.6) is 0 Å². The van der Waals surface area contributed by atoms with Crippen LogP contribution in [0.1, 0.15) is 130 Å². The van der Waals surface area contributed by atoms with E-state index in [-0.39, 0.29) is 85.3 Å².